The van der Waals surface area contributed by atoms with Crippen molar-refractivity contribution in [3.8, 4) is 0 Å². The van der Waals surface area contributed by atoms with E-state index in [0.717, 1.165) is 13.0 Å². The summed E-state index contributed by atoms with van der Waals surface area (Å²) in [4.78, 5) is 0. The van der Waals surface area contributed by atoms with Gasteiger partial charge in [0.2, 0.25) is 0 Å². The summed E-state index contributed by atoms with van der Waals surface area (Å²) < 4.78 is 0. The Morgan fingerprint density at radius 3 is 2.17 bits per heavy atom. The van der Waals surface area contributed by atoms with E-state index in [2.05, 4.69) is 63.5 Å². The molecule has 0 aromatic heterocycles. The summed E-state index contributed by atoms with van der Waals surface area (Å²) in [7, 11) is 0. The van der Waals surface area contributed by atoms with E-state index >= 15 is 0 Å². The molecule has 0 aromatic rings. The summed E-state index contributed by atoms with van der Waals surface area (Å²) in [5, 5.41) is 8.87. The molecule has 0 aliphatic carbocycles. The van der Waals surface area contributed by atoms with E-state index in [1.807, 2.05) is 0 Å². The van der Waals surface area contributed by atoms with Crippen molar-refractivity contribution < 1.29 is 0 Å². The highest BCUT2D eigenvalue weighted by molar-refractivity contribution is 7.99. The highest BCUT2D eigenvalue weighted by Gasteiger charge is 2.23. The largest absolute Gasteiger partial charge is 0.189 e. The van der Waals surface area contributed by atoms with Gasteiger partial charge in [0.1, 0.15) is 0 Å². The minimum absolute atomic E-state index is 0.535. The molecule has 2 aliphatic heterocycles. The van der Waals surface area contributed by atoms with Gasteiger partial charge in [0.05, 0.1) is 12.2 Å². The van der Waals surface area contributed by atoms with Crippen molar-refractivity contribution in [1.82, 2.24) is 0 Å². The van der Waals surface area contributed by atoms with Crippen LogP contribution in [0.3, 0.4) is 0 Å². The first-order chi connectivity index (χ1) is 11.4. The van der Waals surface area contributed by atoms with Gasteiger partial charge in [0, 0.05) is 11.7 Å². The summed E-state index contributed by atoms with van der Waals surface area (Å²) in [6, 6.07) is 0. The zero-order valence-electron chi connectivity index (χ0n) is 16.6. The molecule has 0 spiro atoms. The lowest BCUT2D eigenvalue weighted by Crippen LogP contribution is -2.16. The summed E-state index contributed by atoms with van der Waals surface area (Å²) >= 11 is 2.12. The number of nitrogens with zero attached hydrogens (tertiary/aromatic N) is 2. The zero-order valence-corrected chi connectivity index (χ0v) is 17.4. The van der Waals surface area contributed by atoms with Crippen LogP contribution in [0, 0.1) is 23.7 Å². The van der Waals surface area contributed by atoms with Crippen molar-refractivity contribution in [2.45, 2.75) is 67.2 Å². The highest BCUT2D eigenvalue weighted by atomic mass is 32.2. The average Bonchev–Trinajstić information content (AvgIpc) is 2.59. The Kier molecular flexibility index (Phi) is 7.59. The molecule has 2 unspecified atom stereocenters. The van der Waals surface area contributed by atoms with Crippen LogP contribution in [0.4, 0.5) is 0 Å². The predicted molar refractivity (Wildman–Crippen MR) is 108 cm³/mol. The maximum absolute atomic E-state index is 4.55. The van der Waals surface area contributed by atoms with Gasteiger partial charge in [-0.1, -0.05) is 52.7 Å². The third-order valence-corrected chi connectivity index (χ3v) is 6.67. The lowest BCUT2D eigenvalue weighted by molar-refractivity contribution is 0.477. The van der Waals surface area contributed by atoms with E-state index in [4.69, 9.17) is 0 Å². The van der Waals surface area contributed by atoms with Gasteiger partial charge in [-0.05, 0) is 54.8 Å². The second-order valence-corrected chi connectivity index (χ2v) is 9.27. The lowest BCUT2D eigenvalue weighted by atomic mass is 9.83. The Hall–Kier alpha value is -0.570. The SMILES string of the molecule is CC(C)C1=C(C(C)CCC(C)C2=C(C(C)C)CCN=N2)CSCC1. The Morgan fingerprint density at radius 2 is 1.50 bits per heavy atom. The molecule has 2 atom stereocenters. The second kappa shape index (κ2) is 9.22. The van der Waals surface area contributed by atoms with Gasteiger partial charge in [-0.2, -0.15) is 22.0 Å². The molecule has 0 bridgehead atoms. The fourth-order valence-corrected chi connectivity index (χ4v) is 5.23. The smallest absolute Gasteiger partial charge is 0.0649 e. The summed E-state index contributed by atoms with van der Waals surface area (Å²) in [5.41, 5.74) is 6.32. The summed E-state index contributed by atoms with van der Waals surface area (Å²) in [6.07, 6.45) is 4.91. The fourth-order valence-electron chi connectivity index (χ4n) is 4.04. The first-order valence-corrected chi connectivity index (χ1v) is 11.0. The molecule has 24 heavy (non-hydrogen) atoms. The number of azo groups is 1. The molecule has 0 amide bonds. The molecular weight excluding hydrogens is 312 g/mol. The van der Waals surface area contributed by atoms with Crippen molar-refractivity contribution in [1.29, 1.82) is 0 Å². The van der Waals surface area contributed by atoms with Crippen LogP contribution in [0.2, 0.25) is 0 Å². The van der Waals surface area contributed by atoms with E-state index in [1.165, 1.54) is 36.5 Å². The molecule has 136 valence electrons. The van der Waals surface area contributed by atoms with Gasteiger partial charge in [-0.15, -0.1) is 0 Å². The first-order valence-electron chi connectivity index (χ1n) is 9.81. The van der Waals surface area contributed by atoms with Gasteiger partial charge >= 0.3 is 0 Å². The van der Waals surface area contributed by atoms with Crippen LogP contribution in [0.25, 0.3) is 0 Å². The van der Waals surface area contributed by atoms with E-state index in [-0.39, 0.29) is 0 Å². The average molecular weight is 349 g/mol. The fraction of sp³-hybridized carbons (Fsp3) is 0.810. The quantitative estimate of drug-likeness (QED) is 0.459. The maximum Gasteiger partial charge on any atom is 0.0649 e. The first kappa shape index (κ1) is 19.8. The van der Waals surface area contributed by atoms with Crippen molar-refractivity contribution >= 4 is 11.8 Å². The molecule has 2 aliphatic rings. The second-order valence-electron chi connectivity index (χ2n) is 8.17. The van der Waals surface area contributed by atoms with Crippen LogP contribution < -0.4 is 0 Å². The van der Waals surface area contributed by atoms with Crippen LogP contribution in [-0.4, -0.2) is 18.1 Å². The third kappa shape index (κ3) is 4.97. The lowest BCUT2D eigenvalue weighted by Gasteiger charge is -2.28. The van der Waals surface area contributed by atoms with Crippen LogP contribution in [-0.2, 0) is 0 Å². The topological polar surface area (TPSA) is 24.7 Å². The number of rotatable bonds is 7. The number of hydrogen-bond donors (Lipinski definition) is 0. The van der Waals surface area contributed by atoms with Gasteiger partial charge < -0.3 is 0 Å². The third-order valence-electron chi connectivity index (χ3n) is 5.66. The minimum Gasteiger partial charge on any atom is -0.189 e. The van der Waals surface area contributed by atoms with Gasteiger partial charge in [0.15, 0.2) is 0 Å². The van der Waals surface area contributed by atoms with Crippen molar-refractivity contribution in [2.24, 2.45) is 33.9 Å². The van der Waals surface area contributed by atoms with Crippen LogP contribution in [0.1, 0.15) is 67.2 Å². The highest BCUT2D eigenvalue weighted by Crippen LogP contribution is 2.36. The molecule has 2 rings (SSSR count). The molecule has 0 radical (unpaired) electrons. The molecule has 2 heterocycles. The molecule has 0 saturated heterocycles. The normalized spacial score (nSPS) is 21.8. The van der Waals surface area contributed by atoms with Gasteiger partial charge in [-0.3, -0.25) is 0 Å². The van der Waals surface area contributed by atoms with Crippen molar-refractivity contribution in [2.75, 3.05) is 18.1 Å². The van der Waals surface area contributed by atoms with Gasteiger partial charge in [0.25, 0.3) is 0 Å². The Bertz CT molecular complexity index is 514. The van der Waals surface area contributed by atoms with Crippen LogP contribution >= 0.6 is 11.8 Å². The Labute approximate surface area is 153 Å². The van der Waals surface area contributed by atoms with E-state index in [9.17, 15) is 0 Å². The number of allylic oxidation sites excluding steroid dienone is 2. The number of hydrogen-bond acceptors (Lipinski definition) is 3. The predicted octanol–water partition coefficient (Wildman–Crippen LogP) is 6.89. The molecule has 3 heteroatoms. The van der Waals surface area contributed by atoms with Crippen LogP contribution in [0.5, 0.6) is 0 Å². The number of thioether (sulfide) groups is 1. The standard InChI is InChI=1S/C21H36N2S/c1-14(2)18-10-12-24-13-20(18)16(5)7-8-17(6)21-19(15(3)4)9-11-22-23-21/h14-17H,7-13H2,1-6H3. The molecule has 0 aromatic carbocycles. The molecular formula is C21H36N2S. The van der Waals surface area contributed by atoms with E-state index < -0.39 is 0 Å². The monoisotopic (exact) mass is 348 g/mol. The van der Waals surface area contributed by atoms with E-state index in [0.29, 0.717) is 23.7 Å². The molecule has 0 fully saturated rings. The summed E-state index contributed by atoms with van der Waals surface area (Å²) in [6.45, 7) is 15.0. The van der Waals surface area contributed by atoms with Crippen LogP contribution in [0.15, 0.2) is 32.6 Å². The molecule has 0 N–H and O–H groups in total. The van der Waals surface area contributed by atoms with E-state index in [1.54, 1.807) is 16.7 Å². The van der Waals surface area contributed by atoms with Crippen molar-refractivity contribution in [3.05, 3.63) is 22.4 Å². The zero-order chi connectivity index (χ0) is 17.7. The Balaban J connectivity index is 2.03. The summed E-state index contributed by atoms with van der Waals surface area (Å²) in [5.74, 6) is 5.12. The van der Waals surface area contributed by atoms with Crippen molar-refractivity contribution in [3.63, 3.8) is 0 Å². The van der Waals surface area contributed by atoms with Gasteiger partial charge in [-0.25, -0.2) is 0 Å². The molecule has 0 saturated carbocycles. The molecule has 2 nitrogen and oxygen atoms in total. The Morgan fingerprint density at radius 1 is 0.833 bits per heavy atom. The maximum atomic E-state index is 4.55. The minimum atomic E-state index is 0.535.